The molecule has 6 N–H and O–H groups in total. The topological polar surface area (TPSA) is 151 Å². The van der Waals surface area contributed by atoms with Crippen LogP contribution in [-0.2, 0) is 18.9 Å². The van der Waals surface area contributed by atoms with Crippen molar-refractivity contribution in [1.29, 1.82) is 5.41 Å². The first-order valence-electron chi connectivity index (χ1n) is 15.5. The van der Waals surface area contributed by atoms with E-state index in [9.17, 15) is 24.1 Å². The number of halogens is 2. The molecule has 3 fully saturated rings. The lowest BCUT2D eigenvalue weighted by Gasteiger charge is -2.30. The maximum atomic E-state index is 14.1. The van der Waals surface area contributed by atoms with Crippen LogP contribution in [-0.4, -0.2) is 82.7 Å². The molecule has 14 heteroatoms. The summed E-state index contributed by atoms with van der Waals surface area (Å²) in [6, 6.07) is 2.66. The lowest BCUT2D eigenvalue weighted by atomic mass is 10.1. The first-order valence-corrected chi connectivity index (χ1v) is 16.5. The van der Waals surface area contributed by atoms with E-state index >= 15 is 0 Å². The zero-order valence-electron chi connectivity index (χ0n) is 27.3. The first kappa shape index (κ1) is 35.9. The number of carbonyl (C=O) groups excluding carboxylic acids is 1. The minimum Gasteiger partial charge on any atom is -0.443 e. The van der Waals surface area contributed by atoms with E-state index in [0.717, 1.165) is 24.3 Å². The van der Waals surface area contributed by atoms with Gasteiger partial charge in [-0.15, -0.1) is 11.8 Å². The molecule has 2 saturated carbocycles. The van der Waals surface area contributed by atoms with Crippen molar-refractivity contribution in [3.63, 3.8) is 0 Å². The van der Waals surface area contributed by atoms with E-state index in [4.69, 9.17) is 24.7 Å². The highest BCUT2D eigenvalue weighted by molar-refractivity contribution is 8.02. The molecule has 1 aliphatic heterocycles. The predicted octanol–water partition coefficient (Wildman–Crippen LogP) is 4.63. The lowest BCUT2D eigenvalue weighted by Crippen LogP contribution is -2.48. The van der Waals surface area contributed by atoms with E-state index in [1.807, 2.05) is 20.8 Å². The number of hydrogen-bond acceptors (Lipinski definition) is 11. The number of carbonyl (C=O) groups is 1. The normalized spacial score (nSPS) is 27.0. The van der Waals surface area contributed by atoms with Gasteiger partial charge in [0.25, 0.3) is 0 Å². The number of amidine groups is 1. The maximum Gasteiger partial charge on any atom is 0.416 e. The molecule has 0 radical (unpaired) electrons. The van der Waals surface area contributed by atoms with Crippen LogP contribution < -0.4 is 16.4 Å². The van der Waals surface area contributed by atoms with Gasteiger partial charge in [0.2, 0.25) is 0 Å². The number of fused-ring (bicyclic) bond motifs is 1. The quantitative estimate of drug-likeness (QED) is 0.149. The molecular weight excluding hydrogens is 620 g/mol. The highest BCUT2D eigenvalue weighted by atomic mass is 32.2. The number of rotatable bonds is 13. The fourth-order valence-electron chi connectivity index (χ4n) is 5.73. The predicted molar refractivity (Wildman–Crippen MR) is 172 cm³/mol. The molecule has 1 aromatic carbocycles. The monoisotopic (exact) mass is 667 g/mol. The Balaban J connectivity index is 1.67. The molecule has 0 unspecified atom stereocenters. The van der Waals surface area contributed by atoms with Gasteiger partial charge in [-0.05, 0) is 77.3 Å². The number of aliphatic hydroxyl groups is 1. The largest absolute Gasteiger partial charge is 0.443 e. The Morgan fingerprint density at radius 3 is 2.57 bits per heavy atom. The Bertz CT molecular complexity index is 1340. The molecule has 0 bridgehead atoms. The van der Waals surface area contributed by atoms with Crippen LogP contribution in [0.2, 0.25) is 0 Å². The van der Waals surface area contributed by atoms with Gasteiger partial charge >= 0.3 is 6.09 Å². The smallest absolute Gasteiger partial charge is 0.416 e. The number of nitrogens with two attached hydrogens (primary N) is 1. The Labute approximate surface area is 273 Å². The third-order valence-electron chi connectivity index (χ3n) is 7.73. The standard InChI is InChI=1S/C32H47F2N5O6S/c1-8-13-46-17(2)37-29(38-22-16-24(42-12-11-40)27-26(22)43-32(6,7)44-27)25(35)28(36)39(30(41)45-31(3,4)5)23-15-19(23)18-9-10-20(33)21(34)14-18/h9-10,14,19,22-24,26-27,36-38,40H,2,8,11-13,15-16,35H2,1,3-7H3/t19-,22+,23+,24-,26-,27+/m0/s1. The fraction of sp³-hybridized carbons (Fsp3) is 0.625. The van der Waals surface area contributed by atoms with Gasteiger partial charge in [0.05, 0.1) is 30.4 Å². The molecule has 2 aliphatic carbocycles. The summed E-state index contributed by atoms with van der Waals surface area (Å²) in [5, 5.41) is 25.7. The second-order valence-corrected chi connectivity index (χ2v) is 14.3. The van der Waals surface area contributed by atoms with Gasteiger partial charge in [0, 0.05) is 12.0 Å². The summed E-state index contributed by atoms with van der Waals surface area (Å²) in [7, 11) is 0. The molecule has 1 heterocycles. The minimum absolute atomic E-state index is 0.0884. The SMILES string of the molecule is C=C(NC(N[C@@H]1C[C@H](OCCO)[C@H]2OC(C)(C)O[C@H]21)=C(N)C(=N)N(C(=O)OC(C)(C)C)[C@@H]1C[C@H]1c1ccc(F)c(F)c1)SCCC. The number of benzene rings is 1. The summed E-state index contributed by atoms with van der Waals surface area (Å²) in [6.45, 7) is 14.9. The summed E-state index contributed by atoms with van der Waals surface area (Å²) >= 11 is 1.48. The minimum atomic E-state index is -0.988. The van der Waals surface area contributed by atoms with Crippen molar-refractivity contribution in [2.75, 3.05) is 19.0 Å². The van der Waals surface area contributed by atoms with Crippen molar-refractivity contribution < 1.29 is 37.6 Å². The summed E-state index contributed by atoms with van der Waals surface area (Å²) in [5.74, 6) is -2.50. The Kier molecular flexibility index (Phi) is 11.3. The molecule has 6 atom stereocenters. The van der Waals surface area contributed by atoms with Crippen molar-refractivity contribution in [1.82, 2.24) is 15.5 Å². The molecule has 0 spiro atoms. The molecule has 4 rings (SSSR count). The van der Waals surface area contributed by atoms with E-state index in [1.165, 1.54) is 22.7 Å². The van der Waals surface area contributed by atoms with Crippen LogP contribution in [0.3, 0.4) is 0 Å². The van der Waals surface area contributed by atoms with Crippen LogP contribution in [0, 0.1) is 17.0 Å². The number of thioether (sulfide) groups is 1. The highest BCUT2D eigenvalue weighted by Crippen LogP contribution is 2.46. The highest BCUT2D eigenvalue weighted by Gasteiger charge is 2.55. The van der Waals surface area contributed by atoms with Crippen LogP contribution in [0.25, 0.3) is 0 Å². The maximum absolute atomic E-state index is 14.1. The van der Waals surface area contributed by atoms with E-state index in [-0.39, 0.29) is 48.6 Å². The Hall–Kier alpha value is -2.91. The summed E-state index contributed by atoms with van der Waals surface area (Å²) < 4.78 is 51.7. The molecule has 256 valence electrons. The number of aliphatic hydroxyl groups excluding tert-OH is 1. The summed E-state index contributed by atoms with van der Waals surface area (Å²) in [4.78, 5) is 14.8. The third kappa shape index (κ3) is 8.71. The second kappa shape index (κ2) is 14.5. The van der Waals surface area contributed by atoms with Gasteiger partial charge < -0.3 is 40.4 Å². The molecular formula is C32H47F2N5O6S. The Morgan fingerprint density at radius 1 is 1.24 bits per heavy atom. The summed E-state index contributed by atoms with van der Waals surface area (Å²) in [5.41, 5.74) is 6.24. The van der Waals surface area contributed by atoms with E-state index < -0.39 is 47.4 Å². The summed E-state index contributed by atoms with van der Waals surface area (Å²) in [6.07, 6.45) is -0.287. The van der Waals surface area contributed by atoms with Crippen molar-refractivity contribution >= 4 is 23.7 Å². The Morgan fingerprint density at radius 2 is 1.93 bits per heavy atom. The number of nitrogens with zero attached hydrogens (tertiary/aromatic N) is 1. The van der Waals surface area contributed by atoms with Crippen LogP contribution in [0.15, 0.2) is 41.3 Å². The average molecular weight is 668 g/mol. The zero-order chi connectivity index (χ0) is 34.0. The number of hydrogen-bond donors (Lipinski definition) is 5. The van der Waals surface area contributed by atoms with Crippen molar-refractivity contribution in [3.05, 3.63) is 58.5 Å². The molecule has 11 nitrogen and oxygen atoms in total. The fourth-order valence-corrected chi connectivity index (χ4v) is 6.35. The molecule has 1 amide bonds. The third-order valence-corrected chi connectivity index (χ3v) is 8.79. The van der Waals surface area contributed by atoms with Crippen LogP contribution in [0.1, 0.15) is 72.3 Å². The van der Waals surface area contributed by atoms with Crippen molar-refractivity contribution in [3.8, 4) is 0 Å². The van der Waals surface area contributed by atoms with Crippen LogP contribution in [0.4, 0.5) is 13.6 Å². The van der Waals surface area contributed by atoms with Crippen molar-refractivity contribution in [2.45, 2.75) is 109 Å². The molecule has 0 aromatic heterocycles. The van der Waals surface area contributed by atoms with Gasteiger partial charge in [0.1, 0.15) is 29.3 Å². The lowest BCUT2D eigenvalue weighted by molar-refractivity contribution is -0.169. The van der Waals surface area contributed by atoms with Gasteiger partial charge in [-0.1, -0.05) is 19.6 Å². The van der Waals surface area contributed by atoms with E-state index in [0.29, 0.717) is 23.4 Å². The number of amides is 1. The van der Waals surface area contributed by atoms with Crippen molar-refractivity contribution in [2.24, 2.45) is 5.73 Å². The van der Waals surface area contributed by atoms with Gasteiger partial charge in [0.15, 0.2) is 23.3 Å². The average Bonchev–Trinajstić information content (AvgIpc) is 3.59. The first-order chi connectivity index (χ1) is 21.5. The van der Waals surface area contributed by atoms with E-state index in [1.54, 1.807) is 20.8 Å². The van der Waals surface area contributed by atoms with Gasteiger partial charge in [-0.25, -0.2) is 13.6 Å². The zero-order valence-corrected chi connectivity index (χ0v) is 28.1. The molecule has 1 aromatic rings. The van der Waals surface area contributed by atoms with E-state index in [2.05, 4.69) is 17.2 Å². The number of ether oxygens (including phenoxy) is 4. The molecule has 3 aliphatic rings. The van der Waals surface area contributed by atoms with Crippen LogP contribution in [0.5, 0.6) is 0 Å². The molecule has 46 heavy (non-hydrogen) atoms. The van der Waals surface area contributed by atoms with Gasteiger partial charge in [-0.3, -0.25) is 10.3 Å². The molecule has 1 saturated heterocycles. The number of nitrogens with one attached hydrogen (secondary N) is 3. The second-order valence-electron chi connectivity index (χ2n) is 13.2. The van der Waals surface area contributed by atoms with Crippen LogP contribution >= 0.6 is 11.8 Å². The van der Waals surface area contributed by atoms with Gasteiger partial charge in [-0.2, -0.15) is 0 Å².